The SMILES string of the molecule is CC(NC(=O)C1(S(C)(=O)=O)CCNCC1)c1ccc(OC(F)(F)F)cc1.Cl. The third-order valence-corrected chi connectivity index (χ3v) is 6.51. The van der Waals surface area contributed by atoms with E-state index in [0.29, 0.717) is 18.7 Å². The molecular formula is C16H22ClF3N2O4S. The molecule has 0 radical (unpaired) electrons. The van der Waals surface area contributed by atoms with Gasteiger partial charge in [-0.2, -0.15) is 0 Å². The number of sulfone groups is 1. The van der Waals surface area contributed by atoms with E-state index in [1.807, 2.05) is 0 Å². The Morgan fingerprint density at radius 2 is 1.74 bits per heavy atom. The molecule has 1 fully saturated rings. The van der Waals surface area contributed by atoms with Gasteiger partial charge in [-0.15, -0.1) is 25.6 Å². The molecule has 2 N–H and O–H groups in total. The van der Waals surface area contributed by atoms with Crippen LogP contribution in [0, 0.1) is 0 Å². The van der Waals surface area contributed by atoms with Crippen molar-refractivity contribution in [1.29, 1.82) is 0 Å². The lowest BCUT2D eigenvalue weighted by Gasteiger charge is -2.35. The second-order valence-electron chi connectivity index (χ2n) is 6.33. The fourth-order valence-electron chi connectivity index (χ4n) is 2.97. The van der Waals surface area contributed by atoms with Gasteiger partial charge in [0.1, 0.15) is 5.75 Å². The van der Waals surface area contributed by atoms with Gasteiger partial charge in [0.25, 0.3) is 0 Å². The Balaban J connectivity index is 0.00000364. The molecular weight excluding hydrogens is 409 g/mol. The largest absolute Gasteiger partial charge is 0.573 e. The summed E-state index contributed by atoms with van der Waals surface area (Å²) in [6, 6.07) is 4.49. The second-order valence-corrected chi connectivity index (χ2v) is 8.65. The lowest BCUT2D eigenvalue weighted by atomic mass is 9.95. The fourth-order valence-corrected chi connectivity index (χ4v) is 4.31. The van der Waals surface area contributed by atoms with Crippen LogP contribution >= 0.6 is 12.4 Å². The summed E-state index contributed by atoms with van der Waals surface area (Å²) < 4.78 is 63.3. The van der Waals surface area contributed by atoms with E-state index >= 15 is 0 Å². The highest BCUT2D eigenvalue weighted by atomic mass is 35.5. The van der Waals surface area contributed by atoms with Crippen LogP contribution in [0.5, 0.6) is 5.75 Å². The summed E-state index contributed by atoms with van der Waals surface area (Å²) >= 11 is 0. The molecule has 6 nitrogen and oxygen atoms in total. The molecule has 1 amide bonds. The second kappa shape index (κ2) is 8.66. The Morgan fingerprint density at radius 1 is 1.22 bits per heavy atom. The van der Waals surface area contributed by atoms with Crippen LogP contribution in [0.15, 0.2) is 24.3 Å². The normalized spacial score (nSPS) is 18.1. The molecule has 1 saturated heterocycles. The van der Waals surface area contributed by atoms with E-state index in [4.69, 9.17) is 0 Å². The van der Waals surface area contributed by atoms with Gasteiger partial charge in [-0.1, -0.05) is 12.1 Å². The summed E-state index contributed by atoms with van der Waals surface area (Å²) in [6.07, 6.45) is -3.39. The molecule has 1 aliphatic rings. The molecule has 1 atom stereocenters. The number of piperidine rings is 1. The zero-order valence-corrected chi connectivity index (χ0v) is 16.4. The first-order chi connectivity index (χ1) is 11.9. The van der Waals surface area contributed by atoms with Gasteiger partial charge in [0.05, 0.1) is 6.04 Å². The topological polar surface area (TPSA) is 84.5 Å². The van der Waals surface area contributed by atoms with Crippen LogP contribution in [0.2, 0.25) is 0 Å². The molecule has 0 aromatic heterocycles. The van der Waals surface area contributed by atoms with E-state index in [1.165, 1.54) is 12.1 Å². The Morgan fingerprint density at radius 3 is 2.19 bits per heavy atom. The monoisotopic (exact) mass is 430 g/mol. The van der Waals surface area contributed by atoms with Crippen molar-refractivity contribution in [3.8, 4) is 5.75 Å². The summed E-state index contributed by atoms with van der Waals surface area (Å²) in [5, 5.41) is 5.70. The van der Waals surface area contributed by atoms with Crippen LogP contribution in [-0.4, -0.2) is 44.8 Å². The summed E-state index contributed by atoms with van der Waals surface area (Å²) in [5.41, 5.74) is 0.533. The molecule has 0 saturated carbocycles. The Bertz CT molecular complexity index is 748. The third kappa shape index (κ3) is 5.73. The van der Waals surface area contributed by atoms with Crippen LogP contribution in [0.4, 0.5) is 13.2 Å². The summed E-state index contributed by atoms with van der Waals surface area (Å²) in [4.78, 5) is 12.7. The van der Waals surface area contributed by atoms with Crippen molar-refractivity contribution in [3.05, 3.63) is 29.8 Å². The number of carbonyl (C=O) groups is 1. The van der Waals surface area contributed by atoms with E-state index in [9.17, 15) is 26.4 Å². The molecule has 0 bridgehead atoms. The maximum Gasteiger partial charge on any atom is 0.573 e. The van der Waals surface area contributed by atoms with Gasteiger partial charge in [0.2, 0.25) is 5.91 Å². The van der Waals surface area contributed by atoms with E-state index in [2.05, 4.69) is 15.4 Å². The zero-order chi connectivity index (χ0) is 19.6. The lowest BCUT2D eigenvalue weighted by Crippen LogP contribution is -2.57. The maximum absolute atomic E-state index is 12.7. The summed E-state index contributed by atoms with van der Waals surface area (Å²) in [5.74, 6) is -0.963. The Labute approximate surface area is 162 Å². The number of alkyl halides is 3. The van der Waals surface area contributed by atoms with Gasteiger partial charge >= 0.3 is 6.36 Å². The average Bonchev–Trinajstić information content (AvgIpc) is 2.53. The van der Waals surface area contributed by atoms with E-state index < -0.39 is 32.9 Å². The van der Waals surface area contributed by atoms with Crippen molar-refractivity contribution in [2.24, 2.45) is 0 Å². The smallest absolute Gasteiger partial charge is 0.406 e. The first-order valence-electron chi connectivity index (χ1n) is 8.02. The minimum atomic E-state index is -4.78. The molecule has 1 aliphatic heterocycles. The number of amides is 1. The van der Waals surface area contributed by atoms with Crippen molar-refractivity contribution < 1.29 is 31.1 Å². The first-order valence-corrected chi connectivity index (χ1v) is 9.91. The number of nitrogens with one attached hydrogen (secondary N) is 2. The van der Waals surface area contributed by atoms with Crippen molar-refractivity contribution in [2.75, 3.05) is 19.3 Å². The van der Waals surface area contributed by atoms with Crippen molar-refractivity contribution in [3.63, 3.8) is 0 Å². The third-order valence-electron chi connectivity index (χ3n) is 4.50. The Kier molecular flexibility index (Phi) is 7.54. The molecule has 11 heteroatoms. The highest BCUT2D eigenvalue weighted by molar-refractivity contribution is 7.92. The number of hydrogen-bond donors (Lipinski definition) is 2. The quantitative estimate of drug-likeness (QED) is 0.749. The first kappa shape index (κ1) is 23.5. The van der Waals surface area contributed by atoms with Crippen LogP contribution in [0.25, 0.3) is 0 Å². The van der Waals surface area contributed by atoms with E-state index in [1.54, 1.807) is 6.92 Å². The summed E-state index contributed by atoms with van der Waals surface area (Å²) in [7, 11) is -3.64. The number of benzene rings is 1. The molecule has 1 heterocycles. The maximum atomic E-state index is 12.7. The number of hydrogen-bond acceptors (Lipinski definition) is 5. The van der Waals surface area contributed by atoms with Gasteiger partial charge in [-0.3, -0.25) is 4.79 Å². The van der Waals surface area contributed by atoms with E-state index in [0.717, 1.165) is 18.4 Å². The standard InChI is InChI=1S/C16H21F3N2O4S.ClH/c1-11(12-3-5-13(6-4-12)25-16(17,18)19)21-14(22)15(26(2,23)24)7-9-20-10-8-15;/h3-6,11,20H,7-10H2,1-2H3,(H,21,22);1H. The number of ether oxygens (including phenoxy) is 1. The highest BCUT2D eigenvalue weighted by Gasteiger charge is 2.48. The number of halogens is 4. The minimum absolute atomic E-state index is 0. The molecule has 154 valence electrons. The average molecular weight is 431 g/mol. The molecule has 0 spiro atoms. The van der Waals surface area contributed by atoms with Gasteiger partial charge < -0.3 is 15.4 Å². The van der Waals surface area contributed by atoms with Crippen LogP contribution in [-0.2, 0) is 14.6 Å². The number of carbonyl (C=O) groups excluding carboxylic acids is 1. The van der Waals surface area contributed by atoms with Crippen LogP contribution < -0.4 is 15.4 Å². The fraction of sp³-hybridized carbons (Fsp3) is 0.562. The molecule has 1 aromatic rings. The molecule has 27 heavy (non-hydrogen) atoms. The van der Waals surface area contributed by atoms with E-state index in [-0.39, 0.29) is 31.0 Å². The molecule has 1 aromatic carbocycles. The zero-order valence-electron chi connectivity index (χ0n) is 14.8. The molecule has 1 unspecified atom stereocenters. The molecule has 2 rings (SSSR count). The van der Waals surface area contributed by atoms with Crippen LogP contribution in [0.3, 0.4) is 0 Å². The van der Waals surface area contributed by atoms with Gasteiger partial charge in [-0.05, 0) is 50.6 Å². The van der Waals surface area contributed by atoms with Crippen molar-refractivity contribution >= 4 is 28.2 Å². The van der Waals surface area contributed by atoms with Gasteiger partial charge in [-0.25, -0.2) is 8.42 Å². The lowest BCUT2D eigenvalue weighted by molar-refractivity contribution is -0.274. The highest BCUT2D eigenvalue weighted by Crippen LogP contribution is 2.30. The van der Waals surface area contributed by atoms with Crippen molar-refractivity contribution in [2.45, 2.75) is 36.9 Å². The predicted octanol–water partition coefficient (Wildman–Crippen LogP) is 2.35. The summed E-state index contributed by atoms with van der Waals surface area (Å²) in [6.45, 7) is 2.46. The molecule has 0 aliphatic carbocycles. The van der Waals surface area contributed by atoms with Gasteiger partial charge in [0, 0.05) is 6.26 Å². The minimum Gasteiger partial charge on any atom is -0.406 e. The Hall–Kier alpha value is -1.52. The number of rotatable bonds is 5. The van der Waals surface area contributed by atoms with Crippen LogP contribution in [0.1, 0.15) is 31.4 Å². The van der Waals surface area contributed by atoms with Crippen molar-refractivity contribution in [1.82, 2.24) is 10.6 Å². The predicted molar refractivity (Wildman–Crippen MR) is 96.6 cm³/mol. The van der Waals surface area contributed by atoms with Gasteiger partial charge in [0.15, 0.2) is 14.6 Å².